The molecule has 0 bridgehead atoms. The number of fused-ring (bicyclic) bond motifs is 1. The Morgan fingerprint density at radius 1 is 1.18 bits per heavy atom. The second-order valence-electron chi connectivity index (χ2n) is 7.35. The van der Waals surface area contributed by atoms with E-state index in [0.29, 0.717) is 47.0 Å². The third kappa shape index (κ3) is 3.39. The Morgan fingerprint density at radius 2 is 1.93 bits per heavy atom. The smallest absolute Gasteiger partial charge is 0.263 e. The molecule has 0 N–H and O–H groups in total. The van der Waals surface area contributed by atoms with Crippen molar-refractivity contribution in [3.8, 4) is 5.75 Å². The molecule has 2 aliphatic heterocycles. The maximum atomic E-state index is 13.4. The number of hydrogen-bond acceptors (Lipinski definition) is 2. The molecule has 2 aliphatic rings. The molecule has 1 amide bonds. The van der Waals surface area contributed by atoms with E-state index in [1.807, 2.05) is 0 Å². The Hall–Kier alpha value is -2.76. The van der Waals surface area contributed by atoms with Gasteiger partial charge in [-0.05, 0) is 48.2 Å². The zero-order valence-electron chi connectivity index (χ0n) is 15.4. The molecule has 0 aliphatic carbocycles. The van der Waals surface area contributed by atoms with E-state index in [2.05, 4.69) is 6.92 Å². The van der Waals surface area contributed by atoms with E-state index in [1.54, 1.807) is 17.0 Å². The van der Waals surface area contributed by atoms with Crippen molar-refractivity contribution in [1.82, 2.24) is 4.90 Å². The van der Waals surface area contributed by atoms with Crippen LogP contribution in [0.2, 0.25) is 0 Å². The van der Waals surface area contributed by atoms with Gasteiger partial charge >= 0.3 is 0 Å². The normalized spacial score (nSPS) is 19.0. The third-order valence-corrected chi connectivity index (χ3v) is 5.30. The minimum absolute atomic E-state index is 0.0530. The van der Waals surface area contributed by atoms with Gasteiger partial charge < -0.3 is 9.64 Å². The maximum absolute atomic E-state index is 13.4. The molecule has 6 heteroatoms. The largest absolute Gasteiger partial charge is 0.488 e. The molecule has 1 atom stereocenters. The molecular formula is C22H20F3NO2. The lowest BCUT2D eigenvalue weighted by Gasteiger charge is -2.27. The number of alkyl halides is 2. The molecule has 2 heterocycles. The number of amides is 1. The first-order valence-corrected chi connectivity index (χ1v) is 9.27. The Kier molecular flexibility index (Phi) is 4.87. The zero-order valence-corrected chi connectivity index (χ0v) is 15.4. The van der Waals surface area contributed by atoms with Gasteiger partial charge in [-0.2, -0.15) is 0 Å². The fourth-order valence-corrected chi connectivity index (χ4v) is 3.81. The first-order valence-electron chi connectivity index (χ1n) is 9.27. The quantitative estimate of drug-likeness (QED) is 0.755. The van der Waals surface area contributed by atoms with Crippen molar-refractivity contribution in [1.29, 1.82) is 0 Å². The molecule has 0 spiro atoms. The molecule has 2 aromatic rings. The van der Waals surface area contributed by atoms with E-state index in [0.717, 1.165) is 6.42 Å². The van der Waals surface area contributed by atoms with Crippen LogP contribution in [0.25, 0.3) is 5.57 Å². The van der Waals surface area contributed by atoms with Gasteiger partial charge in [0.2, 0.25) is 0 Å². The second kappa shape index (κ2) is 7.34. The predicted octanol–water partition coefficient (Wildman–Crippen LogP) is 4.83. The number of nitrogens with zero attached hydrogens (tertiary/aromatic N) is 1. The van der Waals surface area contributed by atoms with Crippen molar-refractivity contribution in [3.05, 3.63) is 70.5 Å². The van der Waals surface area contributed by atoms with Gasteiger partial charge in [-0.3, -0.25) is 4.79 Å². The van der Waals surface area contributed by atoms with Gasteiger partial charge in [0.25, 0.3) is 12.3 Å². The Morgan fingerprint density at radius 3 is 2.57 bits per heavy atom. The molecule has 4 rings (SSSR count). The average molecular weight is 387 g/mol. The van der Waals surface area contributed by atoms with Crippen LogP contribution in [-0.2, 0) is 4.79 Å². The first-order chi connectivity index (χ1) is 13.4. The highest BCUT2D eigenvalue weighted by Gasteiger charge is 2.32. The third-order valence-electron chi connectivity index (χ3n) is 5.30. The molecule has 3 nitrogen and oxygen atoms in total. The minimum atomic E-state index is -2.64. The minimum Gasteiger partial charge on any atom is -0.488 e. The van der Waals surface area contributed by atoms with Crippen molar-refractivity contribution in [2.75, 3.05) is 19.7 Å². The maximum Gasteiger partial charge on any atom is 0.263 e. The van der Waals surface area contributed by atoms with E-state index in [4.69, 9.17) is 4.74 Å². The van der Waals surface area contributed by atoms with Crippen LogP contribution in [0.4, 0.5) is 13.2 Å². The summed E-state index contributed by atoms with van der Waals surface area (Å²) in [5.74, 6) is 0.298. The Bertz CT molecular complexity index is 937. The summed E-state index contributed by atoms with van der Waals surface area (Å²) < 4.78 is 45.7. The van der Waals surface area contributed by atoms with Crippen LogP contribution in [0.3, 0.4) is 0 Å². The van der Waals surface area contributed by atoms with Crippen LogP contribution in [-0.4, -0.2) is 30.5 Å². The molecule has 2 aromatic carbocycles. The van der Waals surface area contributed by atoms with Gasteiger partial charge in [0.05, 0.1) is 5.57 Å². The van der Waals surface area contributed by atoms with Gasteiger partial charge in [0, 0.05) is 29.8 Å². The summed E-state index contributed by atoms with van der Waals surface area (Å²) in [5.41, 5.74) is 1.84. The molecule has 28 heavy (non-hydrogen) atoms. The van der Waals surface area contributed by atoms with Gasteiger partial charge in [-0.15, -0.1) is 0 Å². The monoisotopic (exact) mass is 387 g/mol. The number of carbonyl (C=O) groups is 1. The zero-order chi connectivity index (χ0) is 19.8. The van der Waals surface area contributed by atoms with E-state index >= 15 is 0 Å². The van der Waals surface area contributed by atoms with Gasteiger partial charge in [-0.25, -0.2) is 13.2 Å². The molecule has 1 unspecified atom stereocenters. The summed E-state index contributed by atoms with van der Waals surface area (Å²) in [6, 6.07) is 9.91. The van der Waals surface area contributed by atoms with Crippen molar-refractivity contribution >= 4 is 11.5 Å². The lowest BCUT2D eigenvalue weighted by atomic mass is 9.89. The van der Waals surface area contributed by atoms with Gasteiger partial charge in [0.15, 0.2) is 0 Å². The number of carbonyl (C=O) groups excluding carboxylic acids is 1. The molecule has 0 saturated carbocycles. The van der Waals surface area contributed by atoms with E-state index in [1.165, 1.54) is 30.3 Å². The fourth-order valence-electron chi connectivity index (χ4n) is 3.81. The molecule has 1 saturated heterocycles. The fraction of sp³-hybridized carbons (Fsp3) is 0.318. The lowest BCUT2D eigenvalue weighted by Crippen LogP contribution is -2.33. The molecule has 1 fully saturated rings. The SMILES string of the molecule is CC1CCN(C(=O)C2=C(c3ccc(F)cc3)c3cc(C(F)F)ccc3OC2)C1. The highest BCUT2D eigenvalue weighted by Crippen LogP contribution is 2.40. The number of ether oxygens (including phenoxy) is 1. The highest BCUT2D eigenvalue weighted by atomic mass is 19.3. The first kappa shape index (κ1) is 18.6. The predicted molar refractivity (Wildman–Crippen MR) is 99.7 cm³/mol. The second-order valence-corrected chi connectivity index (χ2v) is 7.35. The van der Waals surface area contributed by atoms with Crippen molar-refractivity contribution in [3.63, 3.8) is 0 Å². The average Bonchev–Trinajstić information content (AvgIpc) is 3.13. The van der Waals surface area contributed by atoms with Crippen LogP contribution in [0, 0.1) is 11.7 Å². The lowest BCUT2D eigenvalue weighted by molar-refractivity contribution is -0.126. The van der Waals surface area contributed by atoms with Crippen molar-refractivity contribution in [2.24, 2.45) is 5.92 Å². The van der Waals surface area contributed by atoms with Crippen molar-refractivity contribution in [2.45, 2.75) is 19.8 Å². The summed E-state index contributed by atoms with van der Waals surface area (Å²) in [6.45, 7) is 3.45. The standard InChI is InChI=1S/C22H20F3NO2/c1-13-8-9-26(11-13)22(27)18-12-28-19-7-4-15(21(24)25)10-17(19)20(18)14-2-5-16(23)6-3-14/h2-7,10,13,21H,8-9,11-12H2,1H3. The highest BCUT2D eigenvalue weighted by molar-refractivity contribution is 6.06. The van der Waals surface area contributed by atoms with Crippen molar-refractivity contribution < 1.29 is 22.7 Å². The van der Waals surface area contributed by atoms with Gasteiger partial charge in [0.1, 0.15) is 18.2 Å². The Balaban J connectivity index is 1.87. The van der Waals surface area contributed by atoms with Crippen LogP contribution >= 0.6 is 0 Å². The van der Waals surface area contributed by atoms with Crippen LogP contribution in [0.1, 0.15) is 36.5 Å². The number of halogens is 3. The summed E-state index contributed by atoms with van der Waals surface area (Å²) in [5, 5.41) is 0. The van der Waals surface area contributed by atoms with Gasteiger partial charge in [-0.1, -0.05) is 19.1 Å². The summed E-state index contributed by atoms with van der Waals surface area (Å²) >= 11 is 0. The van der Waals surface area contributed by atoms with E-state index < -0.39 is 12.2 Å². The number of rotatable bonds is 3. The molecular weight excluding hydrogens is 367 g/mol. The summed E-state index contributed by atoms with van der Waals surface area (Å²) in [7, 11) is 0. The van der Waals surface area contributed by atoms with E-state index in [-0.39, 0.29) is 18.1 Å². The molecule has 0 aromatic heterocycles. The summed E-state index contributed by atoms with van der Waals surface area (Å²) in [6.07, 6.45) is -1.71. The van der Waals surface area contributed by atoms with Crippen LogP contribution < -0.4 is 4.74 Å². The van der Waals surface area contributed by atoms with E-state index in [9.17, 15) is 18.0 Å². The number of benzene rings is 2. The summed E-state index contributed by atoms with van der Waals surface area (Å²) in [4.78, 5) is 15.0. The molecule has 0 radical (unpaired) electrons. The van der Waals surface area contributed by atoms with Crippen LogP contribution in [0.15, 0.2) is 48.0 Å². The number of likely N-dealkylation sites (tertiary alicyclic amines) is 1. The topological polar surface area (TPSA) is 29.5 Å². The Labute approximate surface area is 161 Å². The molecule has 146 valence electrons. The van der Waals surface area contributed by atoms with Crippen LogP contribution in [0.5, 0.6) is 5.75 Å². The number of hydrogen-bond donors (Lipinski definition) is 0.